The van der Waals surface area contributed by atoms with Crippen LogP contribution in [0.15, 0.2) is 66.7 Å². The lowest BCUT2D eigenvalue weighted by atomic mass is 10.2. The number of benzene rings is 3. The average molecular weight is 411 g/mol. The predicted octanol–water partition coefficient (Wildman–Crippen LogP) is 4.67. The van der Waals surface area contributed by atoms with E-state index in [1.54, 1.807) is 34.9 Å². The summed E-state index contributed by atoms with van der Waals surface area (Å²) in [5.41, 5.74) is 0.909. The summed E-state index contributed by atoms with van der Waals surface area (Å²) in [6.45, 7) is -0.113. The van der Waals surface area contributed by atoms with E-state index in [4.69, 9.17) is 4.74 Å². The number of hydrogen-bond acceptors (Lipinski definition) is 3. The Morgan fingerprint density at radius 3 is 2.43 bits per heavy atom. The smallest absolute Gasteiger partial charge is 0.244 e. The molecular weight excluding hydrogens is 395 g/mol. The van der Waals surface area contributed by atoms with Gasteiger partial charge >= 0.3 is 0 Å². The molecule has 0 saturated heterocycles. The number of carbonyl (C=O) groups is 1. The molecule has 0 radical (unpaired) electrons. The monoisotopic (exact) mass is 411 g/mol. The lowest BCUT2D eigenvalue weighted by Crippen LogP contribution is -2.21. The Morgan fingerprint density at radius 2 is 1.63 bits per heavy atom. The number of fused-ring (bicyclic) bond motifs is 1. The third-order valence-electron chi connectivity index (χ3n) is 4.43. The van der Waals surface area contributed by atoms with Crippen LogP contribution in [0.2, 0.25) is 0 Å². The van der Waals surface area contributed by atoms with E-state index >= 15 is 0 Å². The number of para-hydroxylation sites is 3. The Morgan fingerprint density at radius 1 is 0.933 bits per heavy atom. The van der Waals surface area contributed by atoms with Gasteiger partial charge in [-0.05, 0) is 24.3 Å². The van der Waals surface area contributed by atoms with Crippen molar-refractivity contribution in [3.8, 4) is 5.75 Å². The van der Waals surface area contributed by atoms with Crippen LogP contribution in [0.1, 0.15) is 5.82 Å². The fourth-order valence-corrected chi connectivity index (χ4v) is 3.03. The third-order valence-corrected chi connectivity index (χ3v) is 4.43. The number of nitrogens with one attached hydrogen (secondary N) is 1. The van der Waals surface area contributed by atoms with Crippen molar-refractivity contribution in [1.82, 2.24) is 9.55 Å². The first-order valence-corrected chi connectivity index (χ1v) is 9.07. The van der Waals surface area contributed by atoms with Gasteiger partial charge in [0.05, 0.1) is 16.7 Å². The van der Waals surface area contributed by atoms with E-state index in [-0.39, 0.29) is 13.2 Å². The van der Waals surface area contributed by atoms with Crippen LogP contribution < -0.4 is 10.1 Å². The number of ether oxygens (including phenoxy) is 1. The normalized spacial score (nSPS) is 10.9. The molecule has 4 rings (SSSR count). The molecule has 1 heterocycles. The van der Waals surface area contributed by atoms with E-state index in [0.29, 0.717) is 34.7 Å². The minimum Gasteiger partial charge on any atom is -0.486 e. The first-order valence-electron chi connectivity index (χ1n) is 9.07. The lowest BCUT2D eigenvalue weighted by molar-refractivity contribution is -0.116. The van der Waals surface area contributed by atoms with Gasteiger partial charge in [0.25, 0.3) is 0 Å². The topological polar surface area (TPSA) is 56.2 Å². The Labute approximate surface area is 169 Å². The molecule has 1 aromatic heterocycles. The summed E-state index contributed by atoms with van der Waals surface area (Å²) in [5.74, 6) is -3.14. The molecule has 0 saturated carbocycles. The van der Waals surface area contributed by atoms with Gasteiger partial charge in [0.1, 0.15) is 30.5 Å². The number of amides is 1. The second-order valence-corrected chi connectivity index (χ2v) is 6.50. The average Bonchev–Trinajstić information content (AvgIpc) is 3.08. The standard InChI is InChI=1S/C22H16F3N3O2/c23-15-10-17(25)19(11-16(15)24)27-22(29)12-28-20-9-5-4-8-18(20)26-21(28)13-30-14-6-2-1-3-7-14/h1-11H,12-13H2,(H,27,29). The second kappa shape index (κ2) is 8.28. The van der Waals surface area contributed by atoms with Gasteiger partial charge in [0, 0.05) is 12.1 Å². The number of nitrogens with zero attached hydrogens (tertiary/aromatic N) is 2. The van der Waals surface area contributed by atoms with Crippen LogP contribution in [-0.2, 0) is 17.9 Å². The van der Waals surface area contributed by atoms with Crippen molar-refractivity contribution in [3.63, 3.8) is 0 Å². The SMILES string of the molecule is O=C(Cn1c(COc2ccccc2)nc2ccccc21)Nc1cc(F)c(F)cc1F. The first-order chi connectivity index (χ1) is 14.5. The van der Waals surface area contributed by atoms with Crippen molar-refractivity contribution < 1.29 is 22.7 Å². The minimum atomic E-state index is -1.33. The van der Waals surface area contributed by atoms with Gasteiger partial charge in [-0.25, -0.2) is 18.2 Å². The molecule has 1 amide bonds. The van der Waals surface area contributed by atoms with Gasteiger partial charge in [-0.1, -0.05) is 30.3 Å². The molecule has 8 heteroatoms. The molecule has 5 nitrogen and oxygen atoms in total. The van der Waals surface area contributed by atoms with Crippen LogP contribution in [-0.4, -0.2) is 15.5 Å². The Kier molecular flexibility index (Phi) is 5.38. The molecular formula is C22H16F3N3O2. The van der Waals surface area contributed by atoms with E-state index in [2.05, 4.69) is 10.3 Å². The maximum absolute atomic E-state index is 13.8. The molecule has 3 aromatic carbocycles. The van der Waals surface area contributed by atoms with E-state index in [1.165, 1.54) is 0 Å². The highest BCUT2D eigenvalue weighted by atomic mass is 19.2. The van der Waals surface area contributed by atoms with Crippen molar-refractivity contribution >= 4 is 22.6 Å². The zero-order chi connectivity index (χ0) is 21.1. The van der Waals surface area contributed by atoms with E-state index < -0.39 is 29.0 Å². The van der Waals surface area contributed by atoms with Gasteiger partial charge < -0.3 is 14.6 Å². The van der Waals surface area contributed by atoms with Crippen LogP contribution in [0, 0.1) is 17.5 Å². The third kappa shape index (κ3) is 4.12. The van der Waals surface area contributed by atoms with Crippen LogP contribution >= 0.6 is 0 Å². The first kappa shape index (κ1) is 19.5. The summed E-state index contributed by atoms with van der Waals surface area (Å²) in [6, 6.07) is 17.3. The van der Waals surface area contributed by atoms with Crippen molar-refractivity contribution in [2.75, 3.05) is 5.32 Å². The number of aromatic nitrogens is 2. The highest BCUT2D eigenvalue weighted by Gasteiger charge is 2.17. The van der Waals surface area contributed by atoms with Crippen LogP contribution in [0.4, 0.5) is 18.9 Å². The fourth-order valence-electron chi connectivity index (χ4n) is 3.03. The second-order valence-electron chi connectivity index (χ2n) is 6.50. The Bertz CT molecular complexity index is 1210. The molecule has 30 heavy (non-hydrogen) atoms. The minimum absolute atomic E-state index is 0.103. The van der Waals surface area contributed by atoms with Gasteiger partial charge in [-0.15, -0.1) is 0 Å². The molecule has 4 aromatic rings. The van der Waals surface area contributed by atoms with Crippen molar-refractivity contribution in [3.05, 3.63) is 90.0 Å². The van der Waals surface area contributed by atoms with Gasteiger partial charge in [0.2, 0.25) is 5.91 Å². The molecule has 0 unspecified atom stereocenters. The van der Waals surface area contributed by atoms with Gasteiger partial charge in [0.15, 0.2) is 11.6 Å². The number of hydrogen-bond donors (Lipinski definition) is 1. The summed E-state index contributed by atoms with van der Waals surface area (Å²) < 4.78 is 47.7. The molecule has 0 aliphatic carbocycles. The predicted molar refractivity (Wildman–Crippen MR) is 105 cm³/mol. The number of imidazole rings is 1. The Balaban J connectivity index is 1.58. The summed E-state index contributed by atoms with van der Waals surface area (Å²) in [4.78, 5) is 17.0. The molecule has 0 fully saturated rings. The number of rotatable bonds is 6. The molecule has 0 atom stereocenters. The summed E-state index contributed by atoms with van der Waals surface area (Å²) in [6.07, 6.45) is 0. The Hall–Kier alpha value is -3.81. The molecule has 0 spiro atoms. The zero-order valence-corrected chi connectivity index (χ0v) is 15.6. The van der Waals surface area contributed by atoms with Crippen molar-refractivity contribution in [2.45, 2.75) is 13.2 Å². The van der Waals surface area contributed by atoms with Crippen molar-refractivity contribution in [1.29, 1.82) is 0 Å². The molecule has 152 valence electrons. The van der Waals surface area contributed by atoms with E-state index in [1.807, 2.05) is 24.3 Å². The maximum Gasteiger partial charge on any atom is 0.244 e. The highest BCUT2D eigenvalue weighted by Crippen LogP contribution is 2.21. The van der Waals surface area contributed by atoms with Crippen molar-refractivity contribution in [2.24, 2.45) is 0 Å². The number of carbonyl (C=O) groups excluding carboxylic acids is 1. The fraction of sp³-hybridized carbons (Fsp3) is 0.0909. The number of anilines is 1. The van der Waals surface area contributed by atoms with E-state index in [9.17, 15) is 18.0 Å². The molecule has 1 N–H and O–H groups in total. The summed E-state index contributed by atoms with van der Waals surface area (Å²) in [5, 5.41) is 2.27. The largest absolute Gasteiger partial charge is 0.486 e. The molecule has 0 aliphatic rings. The lowest BCUT2D eigenvalue weighted by Gasteiger charge is -2.12. The van der Waals surface area contributed by atoms with Crippen LogP contribution in [0.25, 0.3) is 11.0 Å². The summed E-state index contributed by atoms with van der Waals surface area (Å²) >= 11 is 0. The number of halogens is 3. The zero-order valence-electron chi connectivity index (χ0n) is 15.6. The van der Waals surface area contributed by atoms with Crippen LogP contribution in [0.5, 0.6) is 5.75 Å². The molecule has 0 bridgehead atoms. The van der Waals surface area contributed by atoms with E-state index in [0.717, 1.165) is 0 Å². The molecule has 0 aliphatic heterocycles. The van der Waals surface area contributed by atoms with Gasteiger partial charge in [-0.2, -0.15) is 0 Å². The summed E-state index contributed by atoms with van der Waals surface area (Å²) in [7, 11) is 0. The maximum atomic E-state index is 13.8. The highest BCUT2D eigenvalue weighted by molar-refractivity contribution is 5.91. The quantitative estimate of drug-likeness (QED) is 0.469. The van der Waals surface area contributed by atoms with Crippen LogP contribution in [0.3, 0.4) is 0 Å². The van der Waals surface area contributed by atoms with Gasteiger partial charge in [-0.3, -0.25) is 4.79 Å².